The highest BCUT2D eigenvalue weighted by atomic mass is 16.3. The van der Waals surface area contributed by atoms with Gasteiger partial charge in [-0.3, -0.25) is 4.57 Å². The molecule has 6 rings (SSSR count). The van der Waals surface area contributed by atoms with Crippen molar-refractivity contribution in [1.82, 2.24) is 9.55 Å². The summed E-state index contributed by atoms with van der Waals surface area (Å²) in [5.41, 5.74) is 9.24. The molecule has 0 aliphatic heterocycles. The third-order valence-corrected chi connectivity index (χ3v) is 7.24. The van der Waals surface area contributed by atoms with Crippen LogP contribution >= 0.6 is 0 Å². The van der Waals surface area contributed by atoms with Crippen molar-refractivity contribution in [3.63, 3.8) is 0 Å². The van der Waals surface area contributed by atoms with Crippen LogP contribution < -0.4 is 0 Å². The number of rotatable bonds is 3. The molecule has 37 heavy (non-hydrogen) atoms. The first kappa shape index (κ1) is 23.1. The third kappa shape index (κ3) is 4.07. The van der Waals surface area contributed by atoms with Gasteiger partial charge in [-0.2, -0.15) is 0 Å². The Morgan fingerprint density at radius 2 is 1.41 bits per heavy atom. The van der Waals surface area contributed by atoms with Crippen molar-refractivity contribution in [2.45, 2.75) is 33.1 Å². The molecule has 182 valence electrons. The van der Waals surface area contributed by atoms with E-state index in [1.54, 1.807) is 6.07 Å². The molecule has 2 aromatic heterocycles. The van der Waals surface area contributed by atoms with Crippen LogP contribution in [-0.2, 0) is 5.41 Å². The molecular weight excluding hydrogens is 452 g/mol. The van der Waals surface area contributed by atoms with Gasteiger partial charge in [-0.1, -0.05) is 81.4 Å². The Hall–Kier alpha value is -4.37. The second-order valence-corrected chi connectivity index (χ2v) is 10.8. The highest BCUT2D eigenvalue weighted by Gasteiger charge is 2.17. The van der Waals surface area contributed by atoms with E-state index < -0.39 is 0 Å². The van der Waals surface area contributed by atoms with E-state index in [-0.39, 0.29) is 11.2 Å². The number of phenolic OH excluding ortho intramolecular Hbond substituents is 1. The number of benzene rings is 4. The van der Waals surface area contributed by atoms with Crippen LogP contribution in [0.1, 0.15) is 31.9 Å². The summed E-state index contributed by atoms with van der Waals surface area (Å²) in [7, 11) is 0. The van der Waals surface area contributed by atoms with Gasteiger partial charge in [-0.05, 0) is 70.5 Å². The Bertz CT molecular complexity index is 1750. The van der Waals surface area contributed by atoms with Gasteiger partial charge >= 0.3 is 0 Å². The predicted molar refractivity (Wildman–Crippen MR) is 155 cm³/mol. The summed E-state index contributed by atoms with van der Waals surface area (Å²) in [6.07, 6.45) is 1.97. The summed E-state index contributed by atoms with van der Waals surface area (Å²) in [5, 5.41) is 12.6. The normalized spacial score (nSPS) is 11.9. The summed E-state index contributed by atoms with van der Waals surface area (Å²) in [6.45, 7) is 8.83. The van der Waals surface area contributed by atoms with Gasteiger partial charge in [0.15, 0.2) is 0 Å². The largest absolute Gasteiger partial charge is 0.508 e. The molecule has 0 unspecified atom stereocenters. The second-order valence-electron chi connectivity index (χ2n) is 10.8. The minimum absolute atomic E-state index is 0.123. The fourth-order valence-corrected chi connectivity index (χ4v) is 5.18. The standard InChI is InChI=1S/C34H30N2O/c1-22-18-33(35-21-30(22)24-10-13-26(14-11-24)34(2,3)4)36-31-17-12-25(23-8-6-5-7-9-23)19-29(31)28-16-15-27(37)20-32(28)36/h5-21,37H,1-4H3. The molecule has 4 aromatic carbocycles. The van der Waals surface area contributed by atoms with E-state index in [0.717, 1.165) is 44.3 Å². The first-order valence-corrected chi connectivity index (χ1v) is 12.7. The van der Waals surface area contributed by atoms with Crippen LogP contribution in [0.2, 0.25) is 0 Å². The van der Waals surface area contributed by atoms with Gasteiger partial charge in [-0.25, -0.2) is 4.98 Å². The minimum Gasteiger partial charge on any atom is -0.508 e. The molecule has 0 radical (unpaired) electrons. The van der Waals surface area contributed by atoms with E-state index in [1.807, 2.05) is 24.4 Å². The number of phenols is 1. The van der Waals surface area contributed by atoms with Crippen molar-refractivity contribution in [2.75, 3.05) is 0 Å². The van der Waals surface area contributed by atoms with Gasteiger partial charge in [0.25, 0.3) is 0 Å². The zero-order valence-corrected chi connectivity index (χ0v) is 21.7. The Balaban J connectivity index is 1.50. The maximum atomic E-state index is 10.4. The quantitative estimate of drug-likeness (QED) is 0.274. The van der Waals surface area contributed by atoms with Crippen LogP contribution in [-0.4, -0.2) is 14.7 Å². The summed E-state index contributed by atoms with van der Waals surface area (Å²) in [5.74, 6) is 1.08. The number of hydrogen-bond acceptors (Lipinski definition) is 2. The van der Waals surface area contributed by atoms with Gasteiger partial charge < -0.3 is 5.11 Å². The maximum Gasteiger partial charge on any atom is 0.137 e. The lowest BCUT2D eigenvalue weighted by Crippen LogP contribution is -2.10. The number of aryl methyl sites for hydroxylation is 1. The van der Waals surface area contributed by atoms with Crippen LogP contribution in [0.15, 0.2) is 103 Å². The van der Waals surface area contributed by atoms with Gasteiger partial charge in [0.2, 0.25) is 0 Å². The molecule has 0 aliphatic rings. The maximum absolute atomic E-state index is 10.4. The van der Waals surface area contributed by atoms with E-state index in [9.17, 15) is 5.11 Å². The SMILES string of the molecule is Cc1cc(-n2c3ccc(-c4ccccc4)cc3c3ccc(O)cc32)ncc1-c1ccc(C(C)(C)C)cc1. The lowest BCUT2D eigenvalue weighted by molar-refractivity contribution is 0.476. The highest BCUT2D eigenvalue weighted by Crippen LogP contribution is 2.37. The number of aromatic hydroxyl groups is 1. The van der Waals surface area contributed by atoms with Crippen molar-refractivity contribution in [2.24, 2.45) is 0 Å². The number of pyridine rings is 1. The van der Waals surface area contributed by atoms with Gasteiger partial charge in [-0.15, -0.1) is 0 Å². The summed E-state index contributed by atoms with van der Waals surface area (Å²) in [4.78, 5) is 4.92. The molecule has 0 spiro atoms. The van der Waals surface area contributed by atoms with Crippen LogP contribution in [0.4, 0.5) is 0 Å². The van der Waals surface area contributed by atoms with Crippen molar-refractivity contribution in [3.05, 3.63) is 114 Å². The molecule has 0 atom stereocenters. The number of nitrogens with zero attached hydrogens (tertiary/aromatic N) is 2. The Morgan fingerprint density at radius 1 is 0.676 bits per heavy atom. The molecule has 0 saturated carbocycles. The number of aromatic nitrogens is 2. The topological polar surface area (TPSA) is 38.0 Å². The number of hydrogen-bond donors (Lipinski definition) is 1. The van der Waals surface area contributed by atoms with Crippen LogP contribution in [0.5, 0.6) is 5.75 Å². The molecule has 0 saturated heterocycles. The van der Waals surface area contributed by atoms with E-state index in [0.29, 0.717) is 0 Å². The smallest absolute Gasteiger partial charge is 0.137 e. The van der Waals surface area contributed by atoms with Crippen LogP contribution in [0, 0.1) is 6.92 Å². The van der Waals surface area contributed by atoms with Gasteiger partial charge in [0, 0.05) is 28.6 Å². The highest BCUT2D eigenvalue weighted by molar-refractivity contribution is 6.10. The average molecular weight is 483 g/mol. The molecule has 0 fully saturated rings. The van der Waals surface area contributed by atoms with E-state index in [2.05, 4.69) is 105 Å². The molecule has 1 N–H and O–H groups in total. The molecule has 2 heterocycles. The molecule has 6 aromatic rings. The summed E-state index contributed by atoms with van der Waals surface area (Å²) in [6, 6.07) is 33.5. The van der Waals surface area contributed by atoms with E-state index in [1.165, 1.54) is 16.7 Å². The minimum atomic E-state index is 0.123. The van der Waals surface area contributed by atoms with E-state index >= 15 is 0 Å². The zero-order valence-electron chi connectivity index (χ0n) is 21.7. The average Bonchev–Trinajstić information content (AvgIpc) is 3.21. The fraction of sp³-hybridized carbons (Fsp3) is 0.147. The third-order valence-electron chi connectivity index (χ3n) is 7.24. The predicted octanol–water partition coefficient (Wildman–Crippen LogP) is 8.82. The fourth-order valence-electron chi connectivity index (χ4n) is 5.18. The molecule has 3 heteroatoms. The molecule has 3 nitrogen and oxygen atoms in total. The lowest BCUT2D eigenvalue weighted by atomic mass is 9.86. The first-order chi connectivity index (χ1) is 17.8. The second kappa shape index (κ2) is 8.63. The van der Waals surface area contributed by atoms with Gasteiger partial charge in [0.05, 0.1) is 11.0 Å². The Kier molecular flexibility index (Phi) is 5.38. The molecular formula is C34H30N2O. The van der Waals surface area contributed by atoms with E-state index in [4.69, 9.17) is 4.98 Å². The first-order valence-electron chi connectivity index (χ1n) is 12.7. The van der Waals surface area contributed by atoms with Crippen molar-refractivity contribution in [3.8, 4) is 33.8 Å². The van der Waals surface area contributed by atoms with Crippen LogP contribution in [0.25, 0.3) is 49.9 Å². The Labute approximate surface area is 217 Å². The molecule has 0 bridgehead atoms. The molecule has 0 aliphatic carbocycles. The zero-order chi connectivity index (χ0) is 25.7. The summed E-state index contributed by atoms with van der Waals surface area (Å²) < 4.78 is 2.15. The van der Waals surface area contributed by atoms with Crippen molar-refractivity contribution < 1.29 is 5.11 Å². The van der Waals surface area contributed by atoms with Crippen molar-refractivity contribution in [1.29, 1.82) is 0 Å². The van der Waals surface area contributed by atoms with Crippen LogP contribution in [0.3, 0.4) is 0 Å². The van der Waals surface area contributed by atoms with Crippen molar-refractivity contribution >= 4 is 21.8 Å². The lowest BCUT2D eigenvalue weighted by Gasteiger charge is -2.19. The van der Waals surface area contributed by atoms with Gasteiger partial charge in [0.1, 0.15) is 11.6 Å². The Morgan fingerprint density at radius 3 is 2.11 bits per heavy atom. The summed E-state index contributed by atoms with van der Waals surface area (Å²) >= 11 is 0. The monoisotopic (exact) mass is 482 g/mol. The molecule has 0 amide bonds. The number of fused-ring (bicyclic) bond motifs is 3.